The summed E-state index contributed by atoms with van der Waals surface area (Å²) in [6.45, 7) is 6.70. The molecule has 0 spiro atoms. The van der Waals surface area contributed by atoms with Crippen LogP contribution in [0.5, 0.6) is 5.75 Å². The minimum atomic E-state index is 0.532. The van der Waals surface area contributed by atoms with Crippen LogP contribution in [0.2, 0.25) is 4.34 Å². The normalized spacial score (nSPS) is 11.0. The molecule has 0 fully saturated rings. The van der Waals surface area contributed by atoms with Crippen LogP contribution in [-0.4, -0.2) is 11.5 Å². The Morgan fingerprint density at radius 1 is 1.30 bits per heavy atom. The quantitative estimate of drug-likeness (QED) is 0.835. The Kier molecular flexibility index (Phi) is 5.83. The summed E-state index contributed by atoms with van der Waals surface area (Å²) >= 11 is 7.41. The standard InChI is InChI=1S/C15H19ClN2OS/c1-11(2)7-17-8-12-3-4-13(9-18-12)19-10-14-5-6-15(16)20-14/h3-6,9,11,17H,7-8,10H2,1-2H3. The molecule has 0 atom stereocenters. The molecule has 0 saturated carbocycles. The number of hydrogen-bond acceptors (Lipinski definition) is 4. The lowest BCUT2D eigenvalue weighted by Gasteiger charge is -2.08. The van der Waals surface area contributed by atoms with Crippen molar-refractivity contribution >= 4 is 22.9 Å². The average molecular weight is 311 g/mol. The zero-order chi connectivity index (χ0) is 14.4. The molecule has 2 heterocycles. The molecule has 0 unspecified atom stereocenters. The van der Waals surface area contributed by atoms with Crippen molar-refractivity contribution in [2.45, 2.75) is 27.0 Å². The van der Waals surface area contributed by atoms with Gasteiger partial charge in [0.15, 0.2) is 0 Å². The maximum Gasteiger partial charge on any atom is 0.138 e. The lowest BCUT2D eigenvalue weighted by atomic mass is 10.2. The van der Waals surface area contributed by atoms with Gasteiger partial charge in [-0.2, -0.15) is 0 Å². The summed E-state index contributed by atoms with van der Waals surface area (Å²) < 4.78 is 6.46. The van der Waals surface area contributed by atoms with E-state index in [2.05, 4.69) is 24.1 Å². The van der Waals surface area contributed by atoms with Gasteiger partial charge in [0.2, 0.25) is 0 Å². The van der Waals surface area contributed by atoms with Gasteiger partial charge in [-0.1, -0.05) is 25.4 Å². The molecule has 2 aromatic heterocycles. The zero-order valence-corrected chi connectivity index (χ0v) is 13.3. The molecule has 1 N–H and O–H groups in total. The molecule has 5 heteroatoms. The van der Waals surface area contributed by atoms with Gasteiger partial charge in [-0.15, -0.1) is 11.3 Å². The Balaban J connectivity index is 1.79. The minimum Gasteiger partial charge on any atom is -0.486 e. The van der Waals surface area contributed by atoms with Crippen molar-refractivity contribution in [3.63, 3.8) is 0 Å². The van der Waals surface area contributed by atoms with E-state index in [0.29, 0.717) is 12.5 Å². The maximum atomic E-state index is 5.88. The second kappa shape index (κ2) is 7.62. The molecule has 2 rings (SSSR count). The molecule has 0 aliphatic rings. The summed E-state index contributed by atoms with van der Waals surface area (Å²) in [6.07, 6.45) is 1.77. The van der Waals surface area contributed by atoms with E-state index in [4.69, 9.17) is 16.3 Å². The van der Waals surface area contributed by atoms with Crippen LogP contribution in [0, 0.1) is 5.92 Å². The molecular formula is C15H19ClN2OS. The summed E-state index contributed by atoms with van der Waals surface area (Å²) in [5.74, 6) is 1.43. The maximum absolute atomic E-state index is 5.88. The van der Waals surface area contributed by atoms with Gasteiger partial charge in [0.1, 0.15) is 12.4 Å². The predicted octanol–water partition coefficient (Wildman–Crippen LogP) is 4.12. The SMILES string of the molecule is CC(C)CNCc1ccc(OCc2ccc(Cl)s2)cn1. The van der Waals surface area contributed by atoms with Crippen LogP contribution in [0.1, 0.15) is 24.4 Å². The second-order valence-corrected chi connectivity index (χ2v) is 6.80. The van der Waals surface area contributed by atoms with Gasteiger partial charge in [-0.05, 0) is 36.7 Å². The first kappa shape index (κ1) is 15.3. The third-order valence-corrected chi connectivity index (χ3v) is 3.87. The fraction of sp³-hybridized carbons (Fsp3) is 0.400. The first-order chi connectivity index (χ1) is 9.63. The number of hydrogen-bond donors (Lipinski definition) is 1. The fourth-order valence-electron chi connectivity index (χ4n) is 1.67. The van der Waals surface area contributed by atoms with E-state index in [0.717, 1.165) is 33.7 Å². The smallest absolute Gasteiger partial charge is 0.138 e. The van der Waals surface area contributed by atoms with Crippen LogP contribution in [-0.2, 0) is 13.2 Å². The first-order valence-corrected chi connectivity index (χ1v) is 7.85. The van der Waals surface area contributed by atoms with Crippen molar-refractivity contribution in [3.8, 4) is 5.75 Å². The van der Waals surface area contributed by atoms with Crippen molar-refractivity contribution in [2.75, 3.05) is 6.54 Å². The summed E-state index contributed by atoms with van der Waals surface area (Å²) in [5, 5.41) is 3.36. The molecule has 0 amide bonds. The lowest BCUT2D eigenvalue weighted by molar-refractivity contribution is 0.308. The highest BCUT2D eigenvalue weighted by molar-refractivity contribution is 7.16. The molecule has 108 valence electrons. The lowest BCUT2D eigenvalue weighted by Crippen LogP contribution is -2.19. The Bertz CT molecular complexity index is 525. The molecule has 0 aliphatic heterocycles. The van der Waals surface area contributed by atoms with E-state index >= 15 is 0 Å². The number of rotatable bonds is 7. The molecule has 0 aromatic carbocycles. The van der Waals surface area contributed by atoms with Crippen molar-refractivity contribution in [2.24, 2.45) is 5.92 Å². The largest absolute Gasteiger partial charge is 0.486 e. The van der Waals surface area contributed by atoms with E-state index in [9.17, 15) is 0 Å². The van der Waals surface area contributed by atoms with Crippen LogP contribution >= 0.6 is 22.9 Å². The van der Waals surface area contributed by atoms with Crippen molar-refractivity contribution in [1.82, 2.24) is 10.3 Å². The summed E-state index contributed by atoms with van der Waals surface area (Å²) in [7, 11) is 0. The minimum absolute atomic E-state index is 0.532. The van der Waals surface area contributed by atoms with Gasteiger partial charge in [-0.25, -0.2) is 0 Å². The molecular weight excluding hydrogens is 292 g/mol. The summed E-state index contributed by atoms with van der Waals surface area (Å²) in [6, 6.07) is 7.80. The highest BCUT2D eigenvalue weighted by Crippen LogP contribution is 2.22. The Labute approximate surface area is 129 Å². The topological polar surface area (TPSA) is 34.1 Å². The van der Waals surface area contributed by atoms with E-state index in [1.54, 1.807) is 6.20 Å². The molecule has 3 nitrogen and oxygen atoms in total. The highest BCUT2D eigenvalue weighted by Gasteiger charge is 2.01. The van der Waals surface area contributed by atoms with Crippen molar-refractivity contribution in [3.05, 3.63) is 45.4 Å². The summed E-state index contributed by atoms with van der Waals surface area (Å²) in [5.41, 5.74) is 1.03. The van der Waals surface area contributed by atoms with Gasteiger partial charge in [0.05, 0.1) is 16.2 Å². The number of pyridine rings is 1. The Morgan fingerprint density at radius 2 is 2.15 bits per heavy atom. The van der Waals surface area contributed by atoms with Gasteiger partial charge in [0, 0.05) is 11.4 Å². The molecule has 0 bridgehead atoms. The number of aromatic nitrogens is 1. The predicted molar refractivity (Wildman–Crippen MR) is 84.4 cm³/mol. The van der Waals surface area contributed by atoms with E-state index in [-0.39, 0.29) is 0 Å². The van der Waals surface area contributed by atoms with E-state index in [1.165, 1.54) is 11.3 Å². The third kappa shape index (κ3) is 5.12. The Morgan fingerprint density at radius 3 is 2.75 bits per heavy atom. The van der Waals surface area contributed by atoms with Crippen molar-refractivity contribution in [1.29, 1.82) is 0 Å². The molecule has 20 heavy (non-hydrogen) atoms. The monoisotopic (exact) mass is 310 g/mol. The van der Waals surface area contributed by atoms with Crippen LogP contribution in [0.4, 0.5) is 0 Å². The van der Waals surface area contributed by atoms with Gasteiger partial charge >= 0.3 is 0 Å². The van der Waals surface area contributed by atoms with Crippen LogP contribution in [0.3, 0.4) is 0 Å². The number of halogens is 1. The van der Waals surface area contributed by atoms with Crippen LogP contribution < -0.4 is 10.1 Å². The molecule has 0 radical (unpaired) electrons. The van der Waals surface area contributed by atoms with Gasteiger partial charge < -0.3 is 10.1 Å². The van der Waals surface area contributed by atoms with Crippen LogP contribution in [0.25, 0.3) is 0 Å². The molecule has 0 saturated heterocycles. The highest BCUT2D eigenvalue weighted by atomic mass is 35.5. The number of nitrogens with one attached hydrogen (secondary N) is 1. The van der Waals surface area contributed by atoms with Crippen LogP contribution in [0.15, 0.2) is 30.5 Å². The Hall–Kier alpha value is -1.10. The second-order valence-electron chi connectivity index (χ2n) is 5.00. The van der Waals surface area contributed by atoms with Gasteiger partial charge in [-0.3, -0.25) is 4.98 Å². The zero-order valence-electron chi connectivity index (χ0n) is 11.7. The third-order valence-electron chi connectivity index (χ3n) is 2.67. The number of ether oxygens (including phenoxy) is 1. The van der Waals surface area contributed by atoms with E-state index in [1.807, 2.05) is 24.3 Å². The molecule has 0 aliphatic carbocycles. The first-order valence-electron chi connectivity index (χ1n) is 6.66. The summed E-state index contributed by atoms with van der Waals surface area (Å²) in [4.78, 5) is 5.49. The van der Waals surface area contributed by atoms with Crippen molar-refractivity contribution < 1.29 is 4.74 Å². The van der Waals surface area contributed by atoms with E-state index < -0.39 is 0 Å². The van der Waals surface area contributed by atoms with Gasteiger partial charge in [0.25, 0.3) is 0 Å². The number of nitrogens with zero attached hydrogens (tertiary/aromatic N) is 1. The average Bonchev–Trinajstić information content (AvgIpc) is 2.83. The fourth-order valence-corrected chi connectivity index (χ4v) is 2.67. The number of thiophene rings is 1. The molecule has 2 aromatic rings.